The van der Waals surface area contributed by atoms with Crippen LogP contribution < -0.4 is 10.2 Å². The molecule has 0 unspecified atom stereocenters. The maximum Gasteiger partial charge on any atom is 0.229 e. The molecule has 0 spiro atoms. The van der Waals surface area contributed by atoms with Crippen molar-refractivity contribution in [2.24, 2.45) is 5.92 Å². The summed E-state index contributed by atoms with van der Waals surface area (Å²) in [4.78, 5) is 14.0. The molecular formula is C16H19N3OS. The highest BCUT2D eigenvalue weighted by Gasteiger charge is 2.24. The minimum absolute atomic E-state index is 0.00962. The van der Waals surface area contributed by atoms with Gasteiger partial charge in [-0.2, -0.15) is 5.26 Å². The topological polar surface area (TPSA) is 56.1 Å². The Kier molecular flexibility index (Phi) is 5.70. The first-order valence-corrected chi connectivity index (χ1v) is 7.67. The Morgan fingerprint density at radius 2 is 2.00 bits per heavy atom. The molecule has 0 saturated heterocycles. The van der Waals surface area contributed by atoms with Crippen LogP contribution in [0.15, 0.2) is 30.3 Å². The van der Waals surface area contributed by atoms with E-state index in [2.05, 4.69) is 11.4 Å². The number of carbonyl (C=O) groups excluding carboxylic acids is 1. The standard InChI is InChI=1S/C16H19N3OS/c17-11-6-12-19(14-9-2-1-3-10-14)16(21)18-15(20)13-7-4-5-8-13/h1-3,9-10,13H,4-8,12H2,(H,18,20,21). The fourth-order valence-corrected chi connectivity index (χ4v) is 2.88. The predicted octanol–water partition coefficient (Wildman–Crippen LogP) is 3.00. The molecule has 1 saturated carbocycles. The number of nitrogens with one attached hydrogen (secondary N) is 1. The lowest BCUT2D eigenvalue weighted by Gasteiger charge is -2.25. The van der Waals surface area contributed by atoms with Crippen LogP contribution in [0.3, 0.4) is 0 Å². The summed E-state index contributed by atoms with van der Waals surface area (Å²) in [7, 11) is 0. The summed E-state index contributed by atoms with van der Waals surface area (Å²) in [5.41, 5.74) is 0.893. The van der Waals surface area contributed by atoms with Gasteiger partial charge in [-0.15, -0.1) is 0 Å². The van der Waals surface area contributed by atoms with Gasteiger partial charge in [0.1, 0.15) is 0 Å². The summed E-state index contributed by atoms with van der Waals surface area (Å²) in [6.07, 6.45) is 4.47. The van der Waals surface area contributed by atoms with Gasteiger partial charge in [-0.1, -0.05) is 31.0 Å². The lowest BCUT2D eigenvalue weighted by molar-refractivity contribution is -0.123. The van der Waals surface area contributed by atoms with Crippen molar-refractivity contribution >= 4 is 28.9 Å². The quantitative estimate of drug-likeness (QED) is 0.869. The van der Waals surface area contributed by atoms with Gasteiger partial charge < -0.3 is 10.2 Å². The number of hydrogen-bond donors (Lipinski definition) is 1. The summed E-state index contributed by atoms with van der Waals surface area (Å²) in [5, 5.41) is 12.0. The molecule has 21 heavy (non-hydrogen) atoms. The van der Waals surface area contributed by atoms with Crippen LogP contribution in [-0.2, 0) is 4.79 Å². The van der Waals surface area contributed by atoms with Gasteiger partial charge in [0.15, 0.2) is 5.11 Å². The van der Waals surface area contributed by atoms with Gasteiger partial charge in [-0.3, -0.25) is 4.79 Å². The van der Waals surface area contributed by atoms with E-state index in [-0.39, 0.29) is 11.8 Å². The van der Waals surface area contributed by atoms with Gasteiger partial charge in [0.2, 0.25) is 5.91 Å². The Hall–Kier alpha value is -1.93. The number of hydrogen-bond acceptors (Lipinski definition) is 3. The van der Waals surface area contributed by atoms with Gasteiger partial charge in [0.05, 0.1) is 12.5 Å². The fraction of sp³-hybridized carbons (Fsp3) is 0.438. The predicted molar refractivity (Wildman–Crippen MR) is 86.7 cm³/mol. The zero-order valence-electron chi connectivity index (χ0n) is 11.9. The number of amides is 1. The first kappa shape index (κ1) is 15.5. The second-order valence-electron chi connectivity index (χ2n) is 5.17. The Morgan fingerprint density at radius 1 is 1.33 bits per heavy atom. The number of nitrogens with zero attached hydrogens (tertiary/aromatic N) is 2. The van der Waals surface area contributed by atoms with Gasteiger partial charge in [-0.25, -0.2) is 0 Å². The monoisotopic (exact) mass is 301 g/mol. The second kappa shape index (κ2) is 7.75. The van der Waals surface area contributed by atoms with Crippen LogP contribution in [0, 0.1) is 17.2 Å². The summed E-state index contributed by atoms with van der Waals surface area (Å²) in [6, 6.07) is 11.7. The third kappa shape index (κ3) is 4.27. The van der Waals surface area contributed by atoms with E-state index in [0.29, 0.717) is 18.1 Å². The number of thiocarbonyl (C=S) groups is 1. The average Bonchev–Trinajstić information content (AvgIpc) is 3.03. The van der Waals surface area contributed by atoms with Crippen LogP contribution in [0.5, 0.6) is 0 Å². The largest absolute Gasteiger partial charge is 0.318 e. The van der Waals surface area contributed by atoms with E-state index in [1.165, 1.54) is 0 Å². The van der Waals surface area contributed by atoms with Crippen LogP contribution in [0.4, 0.5) is 5.69 Å². The highest BCUT2D eigenvalue weighted by Crippen LogP contribution is 2.24. The van der Waals surface area contributed by atoms with Crippen LogP contribution in [-0.4, -0.2) is 17.6 Å². The molecule has 1 aliphatic rings. The summed E-state index contributed by atoms with van der Waals surface area (Å²) >= 11 is 5.37. The molecule has 4 nitrogen and oxygen atoms in total. The number of carbonyl (C=O) groups is 1. The van der Waals surface area contributed by atoms with E-state index in [9.17, 15) is 4.79 Å². The van der Waals surface area contributed by atoms with Crippen molar-refractivity contribution in [3.05, 3.63) is 30.3 Å². The van der Waals surface area contributed by atoms with Crippen LogP contribution in [0.2, 0.25) is 0 Å². The lowest BCUT2D eigenvalue weighted by Crippen LogP contribution is -2.45. The third-order valence-electron chi connectivity index (χ3n) is 3.72. The molecule has 1 N–H and O–H groups in total. The Bertz CT molecular complexity index is 532. The number of rotatable bonds is 4. The minimum atomic E-state index is 0.00962. The van der Waals surface area contributed by atoms with Gasteiger partial charge in [0.25, 0.3) is 0 Å². The molecule has 1 fully saturated rings. The smallest absolute Gasteiger partial charge is 0.229 e. The summed E-state index contributed by atoms with van der Waals surface area (Å²) in [5.74, 6) is 0.0897. The number of anilines is 1. The van der Waals surface area contributed by atoms with E-state index in [4.69, 9.17) is 17.5 Å². The molecule has 0 atom stereocenters. The van der Waals surface area contributed by atoms with Crippen molar-refractivity contribution in [2.75, 3.05) is 11.4 Å². The molecular weight excluding hydrogens is 282 g/mol. The van der Waals surface area contributed by atoms with E-state index in [1.807, 2.05) is 35.2 Å². The molecule has 2 rings (SSSR count). The average molecular weight is 301 g/mol. The Labute approximate surface area is 130 Å². The summed E-state index contributed by atoms with van der Waals surface area (Å²) in [6.45, 7) is 0.476. The van der Waals surface area contributed by atoms with E-state index >= 15 is 0 Å². The molecule has 1 amide bonds. The zero-order chi connectivity index (χ0) is 15.1. The van der Waals surface area contributed by atoms with Crippen molar-refractivity contribution in [1.29, 1.82) is 5.26 Å². The molecule has 0 aromatic heterocycles. The van der Waals surface area contributed by atoms with E-state index < -0.39 is 0 Å². The van der Waals surface area contributed by atoms with Gasteiger partial charge >= 0.3 is 0 Å². The molecule has 110 valence electrons. The van der Waals surface area contributed by atoms with Crippen molar-refractivity contribution < 1.29 is 4.79 Å². The third-order valence-corrected chi connectivity index (χ3v) is 4.04. The maximum atomic E-state index is 12.2. The summed E-state index contributed by atoms with van der Waals surface area (Å²) < 4.78 is 0. The zero-order valence-corrected chi connectivity index (χ0v) is 12.7. The van der Waals surface area contributed by atoms with Crippen LogP contribution >= 0.6 is 12.2 Å². The van der Waals surface area contributed by atoms with E-state index in [0.717, 1.165) is 31.4 Å². The minimum Gasteiger partial charge on any atom is -0.318 e. The first-order valence-electron chi connectivity index (χ1n) is 7.26. The SMILES string of the molecule is N#CCCN(C(=S)NC(=O)C1CCCC1)c1ccccc1. The number of nitriles is 1. The maximum absolute atomic E-state index is 12.2. The molecule has 0 aliphatic heterocycles. The van der Waals surface area contributed by atoms with E-state index in [1.54, 1.807) is 0 Å². The number of benzene rings is 1. The second-order valence-corrected chi connectivity index (χ2v) is 5.56. The first-order chi connectivity index (χ1) is 10.2. The van der Waals surface area contributed by atoms with Crippen molar-refractivity contribution in [1.82, 2.24) is 5.32 Å². The van der Waals surface area contributed by atoms with Crippen molar-refractivity contribution in [3.8, 4) is 6.07 Å². The molecule has 0 bridgehead atoms. The lowest BCUT2D eigenvalue weighted by atomic mass is 10.1. The normalized spacial score (nSPS) is 14.4. The van der Waals surface area contributed by atoms with Crippen LogP contribution in [0.1, 0.15) is 32.1 Å². The van der Waals surface area contributed by atoms with Crippen molar-refractivity contribution in [2.45, 2.75) is 32.1 Å². The van der Waals surface area contributed by atoms with Crippen LogP contribution in [0.25, 0.3) is 0 Å². The molecule has 1 aliphatic carbocycles. The Morgan fingerprint density at radius 3 is 2.62 bits per heavy atom. The molecule has 5 heteroatoms. The molecule has 1 aromatic rings. The fourth-order valence-electron chi connectivity index (χ4n) is 2.58. The highest BCUT2D eigenvalue weighted by molar-refractivity contribution is 7.80. The van der Waals surface area contributed by atoms with Gasteiger partial charge in [0, 0.05) is 18.2 Å². The van der Waals surface area contributed by atoms with Crippen molar-refractivity contribution in [3.63, 3.8) is 0 Å². The van der Waals surface area contributed by atoms with Gasteiger partial charge in [-0.05, 0) is 37.2 Å². The molecule has 0 heterocycles. The molecule has 1 aromatic carbocycles. The number of para-hydroxylation sites is 1. The highest BCUT2D eigenvalue weighted by atomic mass is 32.1. The Balaban J connectivity index is 2.04. The molecule has 0 radical (unpaired) electrons.